The smallest absolute Gasteiger partial charge is 0.0775 e. The van der Waals surface area contributed by atoms with E-state index in [-0.39, 0.29) is 0 Å². The van der Waals surface area contributed by atoms with Crippen LogP contribution >= 0.6 is 0 Å². The third-order valence-corrected chi connectivity index (χ3v) is 5.25. The van der Waals surface area contributed by atoms with Crippen LogP contribution in [0.4, 0.5) is 0 Å². The molecule has 2 rings (SSSR count). The molecule has 0 aliphatic carbocycles. The Morgan fingerprint density at radius 3 is 2.26 bits per heavy atom. The van der Waals surface area contributed by atoms with Gasteiger partial charge in [0.05, 0.1) is 13.8 Å². The molecule has 0 bridgehead atoms. The Labute approximate surface area is 116 Å². The van der Waals surface area contributed by atoms with Crippen LogP contribution in [0.5, 0.6) is 0 Å². The van der Waals surface area contributed by atoms with E-state index in [9.17, 15) is 0 Å². The fraction of sp³-hybridized carbons (Fsp3) is 0.312. The summed E-state index contributed by atoms with van der Waals surface area (Å²) >= 11 is 0. The molecule has 1 N–H and O–H groups in total. The molecule has 100 valence electrons. The Kier molecular flexibility index (Phi) is 4.50. The lowest BCUT2D eigenvalue weighted by Crippen LogP contribution is -2.37. The number of nitrogens with one attached hydrogen (secondary N) is 1. The van der Waals surface area contributed by atoms with E-state index in [1.165, 1.54) is 10.8 Å². The highest BCUT2D eigenvalue weighted by Gasteiger charge is 2.15. The summed E-state index contributed by atoms with van der Waals surface area (Å²) in [5.74, 6) is 0. The second-order valence-electron chi connectivity index (χ2n) is 5.87. The molecular formula is C16H22N2Si. The largest absolute Gasteiger partial charge is 0.307 e. The highest BCUT2D eigenvalue weighted by Crippen LogP contribution is 2.04. The number of rotatable bonds is 5. The number of aromatic nitrogens is 1. The highest BCUT2D eigenvalue weighted by molar-refractivity contribution is 6.88. The van der Waals surface area contributed by atoms with Gasteiger partial charge in [0.25, 0.3) is 0 Å². The zero-order chi connectivity index (χ0) is 13.7. The summed E-state index contributed by atoms with van der Waals surface area (Å²) in [7, 11) is -1.17. The molecule has 1 heterocycles. The van der Waals surface area contributed by atoms with E-state index >= 15 is 0 Å². The minimum Gasteiger partial charge on any atom is -0.307 e. The van der Waals surface area contributed by atoms with Crippen LogP contribution in [-0.2, 0) is 13.1 Å². The first kappa shape index (κ1) is 14.0. The van der Waals surface area contributed by atoms with E-state index in [2.05, 4.69) is 54.2 Å². The summed E-state index contributed by atoms with van der Waals surface area (Å²) in [4.78, 5) is 4.30. The third kappa shape index (κ3) is 4.30. The van der Waals surface area contributed by atoms with Crippen LogP contribution in [0.3, 0.4) is 0 Å². The summed E-state index contributed by atoms with van der Waals surface area (Å²) in [6.45, 7) is 8.84. The van der Waals surface area contributed by atoms with Crippen LogP contribution in [-0.4, -0.2) is 13.1 Å². The van der Waals surface area contributed by atoms with Crippen LogP contribution in [0, 0.1) is 0 Å². The molecule has 0 aliphatic heterocycles. The average Bonchev–Trinajstić information content (AvgIpc) is 2.39. The minimum atomic E-state index is -1.17. The zero-order valence-electron chi connectivity index (χ0n) is 12.0. The molecular weight excluding hydrogens is 248 g/mol. The Morgan fingerprint density at radius 1 is 0.947 bits per heavy atom. The SMILES string of the molecule is C[Si](C)(C)c1ccc(CNCc2ccccn2)cc1. The monoisotopic (exact) mass is 270 g/mol. The zero-order valence-corrected chi connectivity index (χ0v) is 13.0. The van der Waals surface area contributed by atoms with Crippen molar-refractivity contribution in [1.82, 2.24) is 10.3 Å². The molecule has 0 atom stereocenters. The van der Waals surface area contributed by atoms with Crippen molar-refractivity contribution in [1.29, 1.82) is 0 Å². The normalized spacial score (nSPS) is 11.5. The number of pyridine rings is 1. The topological polar surface area (TPSA) is 24.9 Å². The second-order valence-corrected chi connectivity index (χ2v) is 10.9. The van der Waals surface area contributed by atoms with Gasteiger partial charge in [-0.2, -0.15) is 0 Å². The van der Waals surface area contributed by atoms with E-state index in [0.29, 0.717) is 0 Å². The molecule has 0 aliphatic rings. The van der Waals surface area contributed by atoms with Crippen molar-refractivity contribution in [2.45, 2.75) is 32.7 Å². The quantitative estimate of drug-likeness (QED) is 0.845. The summed E-state index contributed by atoms with van der Waals surface area (Å²) in [5.41, 5.74) is 2.42. The molecule has 19 heavy (non-hydrogen) atoms. The van der Waals surface area contributed by atoms with Gasteiger partial charge >= 0.3 is 0 Å². The van der Waals surface area contributed by atoms with Crippen molar-refractivity contribution in [3.63, 3.8) is 0 Å². The standard InChI is InChI=1S/C16H22N2Si/c1-19(2,3)16-9-7-14(8-10-16)12-17-13-15-6-4-5-11-18-15/h4-11,17H,12-13H2,1-3H3. The first-order valence-electron chi connectivity index (χ1n) is 6.76. The van der Waals surface area contributed by atoms with Gasteiger partial charge in [-0.25, -0.2) is 0 Å². The van der Waals surface area contributed by atoms with Crippen molar-refractivity contribution in [3.8, 4) is 0 Å². The predicted molar refractivity (Wildman–Crippen MR) is 84.2 cm³/mol. The Morgan fingerprint density at radius 2 is 1.68 bits per heavy atom. The summed E-state index contributed by atoms with van der Waals surface area (Å²) in [5, 5.41) is 4.94. The van der Waals surface area contributed by atoms with Gasteiger partial charge in [-0.1, -0.05) is 55.2 Å². The first-order valence-corrected chi connectivity index (χ1v) is 10.3. The van der Waals surface area contributed by atoms with Gasteiger partial charge in [0, 0.05) is 19.3 Å². The lowest BCUT2D eigenvalue weighted by atomic mass is 10.2. The molecule has 2 nitrogen and oxygen atoms in total. The Balaban J connectivity index is 1.87. The van der Waals surface area contributed by atoms with Crippen LogP contribution in [0.25, 0.3) is 0 Å². The Hall–Kier alpha value is -1.45. The van der Waals surface area contributed by atoms with Gasteiger partial charge in [-0.15, -0.1) is 0 Å². The van der Waals surface area contributed by atoms with Gasteiger partial charge < -0.3 is 5.32 Å². The van der Waals surface area contributed by atoms with E-state index < -0.39 is 8.07 Å². The van der Waals surface area contributed by atoms with E-state index in [1.54, 1.807) is 0 Å². The number of hydrogen-bond donors (Lipinski definition) is 1. The van der Waals surface area contributed by atoms with Gasteiger partial charge in [-0.05, 0) is 17.7 Å². The number of hydrogen-bond acceptors (Lipinski definition) is 2. The van der Waals surface area contributed by atoms with Crippen LogP contribution in [0.15, 0.2) is 48.7 Å². The highest BCUT2D eigenvalue weighted by atomic mass is 28.3. The lowest BCUT2D eigenvalue weighted by Gasteiger charge is -2.16. The maximum Gasteiger partial charge on any atom is 0.0775 e. The van der Waals surface area contributed by atoms with Gasteiger partial charge in [0.1, 0.15) is 0 Å². The van der Waals surface area contributed by atoms with Crippen molar-refractivity contribution in [3.05, 3.63) is 59.9 Å². The number of benzene rings is 1. The molecule has 0 amide bonds. The molecule has 0 radical (unpaired) electrons. The van der Waals surface area contributed by atoms with Crippen molar-refractivity contribution in [2.75, 3.05) is 0 Å². The van der Waals surface area contributed by atoms with E-state index in [0.717, 1.165) is 18.8 Å². The van der Waals surface area contributed by atoms with E-state index in [1.807, 2.05) is 24.4 Å². The average molecular weight is 270 g/mol. The molecule has 0 fully saturated rings. The molecule has 0 spiro atoms. The molecule has 1 aromatic heterocycles. The summed E-state index contributed by atoms with van der Waals surface area (Å²) in [6.07, 6.45) is 1.83. The fourth-order valence-electron chi connectivity index (χ4n) is 1.96. The van der Waals surface area contributed by atoms with Crippen LogP contribution in [0.2, 0.25) is 19.6 Å². The fourth-order valence-corrected chi connectivity index (χ4v) is 3.13. The molecule has 1 aromatic carbocycles. The molecule has 0 saturated carbocycles. The maximum atomic E-state index is 4.30. The molecule has 0 unspecified atom stereocenters. The van der Waals surface area contributed by atoms with Crippen LogP contribution < -0.4 is 10.5 Å². The van der Waals surface area contributed by atoms with Crippen LogP contribution in [0.1, 0.15) is 11.3 Å². The van der Waals surface area contributed by atoms with Gasteiger partial charge in [0.2, 0.25) is 0 Å². The molecule has 0 saturated heterocycles. The van der Waals surface area contributed by atoms with Gasteiger partial charge in [0.15, 0.2) is 0 Å². The minimum absolute atomic E-state index is 0.816. The summed E-state index contributed by atoms with van der Waals surface area (Å²) < 4.78 is 0. The van der Waals surface area contributed by atoms with Crippen molar-refractivity contribution < 1.29 is 0 Å². The second kappa shape index (κ2) is 6.13. The Bertz CT molecular complexity index is 501. The van der Waals surface area contributed by atoms with Crippen molar-refractivity contribution in [2.24, 2.45) is 0 Å². The molecule has 2 aromatic rings. The first-order chi connectivity index (χ1) is 9.05. The van der Waals surface area contributed by atoms with Crippen molar-refractivity contribution >= 4 is 13.3 Å². The van der Waals surface area contributed by atoms with E-state index in [4.69, 9.17) is 0 Å². The maximum absolute atomic E-state index is 4.30. The lowest BCUT2D eigenvalue weighted by molar-refractivity contribution is 0.680. The number of nitrogens with zero attached hydrogens (tertiary/aromatic N) is 1. The van der Waals surface area contributed by atoms with Gasteiger partial charge in [-0.3, -0.25) is 4.98 Å². The molecule has 3 heteroatoms. The predicted octanol–water partition coefficient (Wildman–Crippen LogP) is 2.92. The third-order valence-electron chi connectivity index (χ3n) is 3.18. The summed E-state index contributed by atoms with van der Waals surface area (Å²) in [6, 6.07) is 15.0.